The van der Waals surface area contributed by atoms with Crippen molar-refractivity contribution in [1.29, 1.82) is 0 Å². The molecule has 12 heavy (non-hydrogen) atoms. The third-order valence-corrected chi connectivity index (χ3v) is 1.87. The third kappa shape index (κ3) is 1.58. The minimum Gasteiger partial charge on any atom is -0.394 e. The molecule has 0 aromatic heterocycles. The molecule has 1 aliphatic rings. The van der Waals surface area contributed by atoms with Gasteiger partial charge in [-0.05, 0) is 0 Å². The Hall–Kier alpha value is -0.240. The summed E-state index contributed by atoms with van der Waals surface area (Å²) in [6.45, 7) is -0.526. The minimum atomic E-state index is -1.57. The van der Waals surface area contributed by atoms with Gasteiger partial charge in [0.05, 0.1) is 6.61 Å². The Bertz CT molecular complexity index is 146. The van der Waals surface area contributed by atoms with Gasteiger partial charge in [-0.15, -0.1) is 0 Å². The lowest BCUT2D eigenvalue weighted by molar-refractivity contribution is -0.286. The molecule has 6 nitrogen and oxygen atoms in total. The van der Waals surface area contributed by atoms with E-state index in [1.807, 2.05) is 0 Å². The van der Waals surface area contributed by atoms with Gasteiger partial charge in [0.2, 0.25) is 0 Å². The van der Waals surface area contributed by atoms with E-state index in [-0.39, 0.29) is 0 Å². The second-order valence-corrected chi connectivity index (χ2v) is 2.72. The highest BCUT2D eigenvalue weighted by atomic mass is 16.8. The molecule has 0 aromatic rings. The lowest BCUT2D eigenvalue weighted by Crippen LogP contribution is -2.58. The quantitative estimate of drug-likeness (QED) is 0.275. The standard InChI is InChI=1S/C6H12O6/c7-1-2-3(8)4(9)5(10)6(11)12-2/h2-11H,1H2/t2-,3-,4-,5-,6-/m1/s1/i1+1,2+1,3+1,4+1,5+1,6+1. The molecule has 1 aliphatic heterocycles. The zero-order valence-electron chi connectivity index (χ0n) is 6.24. The van der Waals surface area contributed by atoms with Crippen LogP contribution in [0, 0.1) is 0 Å². The molecule has 6 heteroatoms. The van der Waals surface area contributed by atoms with E-state index in [1.165, 1.54) is 0 Å². The van der Waals surface area contributed by atoms with Crippen molar-refractivity contribution in [2.75, 3.05) is 6.61 Å². The van der Waals surface area contributed by atoms with Crippen molar-refractivity contribution in [3.8, 4) is 0 Å². The zero-order chi connectivity index (χ0) is 9.30. The summed E-state index contributed by atoms with van der Waals surface area (Å²) in [5.41, 5.74) is 0. The van der Waals surface area contributed by atoms with E-state index in [1.54, 1.807) is 0 Å². The predicted molar refractivity (Wildman–Crippen MR) is 36.0 cm³/mol. The Morgan fingerprint density at radius 3 is 2.00 bits per heavy atom. The van der Waals surface area contributed by atoms with Crippen molar-refractivity contribution in [2.24, 2.45) is 0 Å². The molecule has 0 saturated carbocycles. The van der Waals surface area contributed by atoms with E-state index in [0.717, 1.165) is 0 Å². The first-order valence-electron chi connectivity index (χ1n) is 3.56. The van der Waals surface area contributed by atoms with Crippen molar-refractivity contribution in [1.82, 2.24) is 0 Å². The molecule has 5 N–H and O–H groups in total. The van der Waals surface area contributed by atoms with Crippen LogP contribution < -0.4 is 0 Å². The first-order chi connectivity index (χ1) is 5.57. The highest BCUT2D eigenvalue weighted by molar-refractivity contribution is 4.87. The van der Waals surface area contributed by atoms with E-state index in [4.69, 9.17) is 25.5 Å². The molecule has 72 valence electrons. The SMILES string of the molecule is O[13CH2][13C@H]1O[13C@@H](O)[13C@H](O)[13C@H](O)[13C@@H]1O. The molecule has 0 amide bonds. The van der Waals surface area contributed by atoms with E-state index in [2.05, 4.69) is 4.74 Å². The van der Waals surface area contributed by atoms with Crippen LogP contribution in [0.1, 0.15) is 0 Å². The summed E-state index contributed by atoms with van der Waals surface area (Å²) in [5, 5.41) is 44.7. The Labute approximate surface area is 68.6 Å². The number of aliphatic hydroxyl groups excluding tert-OH is 5. The van der Waals surface area contributed by atoms with E-state index >= 15 is 0 Å². The molecule has 0 radical (unpaired) electrons. The summed E-state index contributed by atoms with van der Waals surface area (Å²) in [4.78, 5) is 0. The average molecular weight is 186 g/mol. The van der Waals surface area contributed by atoms with Gasteiger partial charge in [-0.1, -0.05) is 0 Å². The molecule has 1 fully saturated rings. The topological polar surface area (TPSA) is 110 Å². The van der Waals surface area contributed by atoms with Crippen LogP contribution in [0.3, 0.4) is 0 Å². The molecule has 1 rings (SSSR count). The third-order valence-electron chi connectivity index (χ3n) is 1.87. The molecule has 0 bridgehead atoms. The fraction of sp³-hybridized carbons (Fsp3) is 1.00. The summed E-state index contributed by atoms with van der Waals surface area (Å²) >= 11 is 0. The molecule has 5 atom stereocenters. The lowest BCUT2D eigenvalue weighted by atomic mass is 10.9. The number of hydrogen-bond acceptors (Lipinski definition) is 6. The fourth-order valence-corrected chi connectivity index (χ4v) is 1.08. The molecule has 0 aromatic carbocycles. The minimum absolute atomic E-state index is 0.526. The maximum Gasteiger partial charge on any atom is 0.184 e. The normalized spacial score (nSPS) is 49.2. The number of ether oxygens (including phenoxy) is 1. The van der Waals surface area contributed by atoms with Crippen LogP contribution >= 0.6 is 0 Å². The van der Waals surface area contributed by atoms with Gasteiger partial charge in [0, 0.05) is 0 Å². The molecular formula is C6H12O6. The number of rotatable bonds is 1. The average Bonchev–Trinajstić information content (AvgIpc) is 2.08. The van der Waals surface area contributed by atoms with E-state index in [0.29, 0.717) is 0 Å². The summed E-state index contributed by atoms with van der Waals surface area (Å²) < 4.78 is 4.58. The summed E-state index contributed by atoms with van der Waals surface area (Å²) in [7, 11) is 0. The van der Waals surface area contributed by atoms with Gasteiger partial charge in [-0.2, -0.15) is 0 Å². The molecule has 0 aliphatic carbocycles. The van der Waals surface area contributed by atoms with Crippen molar-refractivity contribution < 1.29 is 30.3 Å². The molecular weight excluding hydrogens is 174 g/mol. The fourth-order valence-electron chi connectivity index (χ4n) is 1.08. The Kier molecular flexibility index (Phi) is 2.99. The van der Waals surface area contributed by atoms with Crippen molar-refractivity contribution in [3.05, 3.63) is 0 Å². The van der Waals surface area contributed by atoms with Crippen LogP contribution in [-0.2, 0) is 4.74 Å². The molecule has 1 saturated heterocycles. The van der Waals surface area contributed by atoms with Crippen LogP contribution in [0.4, 0.5) is 0 Å². The lowest BCUT2D eigenvalue weighted by Gasteiger charge is -2.37. The molecule has 1 heterocycles. The number of aliphatic hydroxyl groups is 5. The first kappa shape index (κ1) is 9.85. The van der Waals surface area contributed by atoms with Crippen LogP contribution in [0.2, 0.25) is 0 Å². The van der Waals surface area contributed by atoms with Gasteiger partial charge < -0.3 is 30.3 Å². The zero-order valence-corrected chi connectivity index (χ0v) is 6.24. The first-order valence-corrected chi connectivity index (χ1v) is 3.56. The van der Waals surface area contributed by atoms with Gasteiger partial charge in [0.25, 0.3) is 0 Å². The second kappa shape index (κ2) is 3.65. The van der Waals surface area contributed by atoms with Gasteiger partial charge in [0.1, 0.15) is 24.4 Å². The second-order valence-electron chi connectivity index (χ2n) is 2.72. The van der Waals surface area contributed by atoms with Crippen LogP contribution in [0.15, 0.2) is 0 Å². The Morgan fingerprint density at radius 2 is 1.50 bits per heavy atom. The van der Waals surface area contributed by atoms with Crippen molar-refractivity contribution in [2.45, 2.75) is 30.7 Å². The van der Waals surface area contributed by atoms with E-state index in [9.17, 15) is 0 Å². The Morgan fingerprint density at radius 1 is 0.917 bits per heavy atom. The van der Waals surface area contributed by atoms with Crippen molar-refractivity contribution >= 4 is 0 Å². The van der Waals surface area contributed by atoms with Crippen LogP contribution in [0.5, 0.6) is 0 Å². The summed E-state index contributed by atoms with van der Waals surface area (Å²) in [5.74, 6) is 0. The maximum atomic E-state index is 9.12. The van der Waals surface area contributed by atoms with E-state index < -0.39 is 37.3 Å². The molecule has 0 unspecified atom stereocenters. The number of hydrogen-bond donors (Lipinski definition) is 5. The predicted octanol–water partition coefficient (Wildman–Crippen LogP) is -3.22. The summed E-state index contributed by atoms with van der Waals surface area (Å²) in [6, 6.07) is 0. The maximum absolute atomic E-state index is 9.12. The summed E-state index contributed by atoms with van der Waals surface area (Å²) in [6.07, 6.45) is -7.04. The highest BCUT2D eigenvalue weighted by Gasteiger charge is 2.42. The Balaban J connectivity index is 2.63. The largest absolute Gasteiger partial charge is 0.394 e. The van der Waals surface area contributed by atoms with Gasteiger partial charge in [0.15, 0.2) is 6.29 Å². The van der Waals surface area contributed by atoms with Crippen LogP contribution in [0.25, 0.3) is 0 Å². The van der Waals surface area contributed by atoms with Gasteiger partial charge in [-0.25, -0.2) is 0 Å². The monoisotopic (exact) mass is 186 g/mol. The van der Waals surface area contributed by atoms with Crippen molar-refractivity contribution in [3.63, 3.8) is 0 Å². The van der Waals surface area contributed by atoms with Crippen LogP contribution in [-0.4, -0.2) is 62.8 Å². The van der Waals surface area contributed by atoms with Gasteiger partial charge >= 0.3 is 0 Å². The molecule has 0 spiro atoms. The van der Waals surface area contributed by atoms with Gasteiger partial charge in [-0.3, -0.25) is 0 Å². The smallest absolute Gasteiger partial charge is 0.184 e. The highest BCUT2D eigenvalue weighted by Crippen LogP contribution is 2.18.